The molecule has 0 atom stereocenters. The van der Waals surface area contributed by atoms with E-state index in [0.29, 0.717) is 13.0 Å². The molecular formula is C11H12F2N4OS. The van der Waals surface area contributed by atoms with Gasteiger partial charge in [0.25, 0.3) is 0 Å². The number of aromatic amines is 1. The number of H-pyrrole nitrogens is 1. The van der Waals surface area contributed by atoms with Crippen molar-refractivity contribution >= 4 is 17.4 Å². The van der Waals surface area contributed by atoms with E-state index in [2.05, 4.69) is 10.2 Å². The predicted octanol–water partition coefficient (Wildman–Crippen LogP) is 1.99. The van der Waals surface area contributed by atoms with Gasteiger partial charge in [-0.15, -0.1) is 5.10 Å². The van der Waals surface area contributed by atoms with E-state index in [1.165, 1.54) is 10.6 Å². The Kier molecular flexibility index (Phi) is 3.89. The molecule has 102 valence electrons. The van der Waals surface area contributed by atoms with Gasteiger partial charge >= 0.3 is 5.69 Å². The molecule has 1 aromatic carbocycles. The largest absolute Gasteiger partial charge is 0.398 e. The summed E-state index contributed by atoms with van der Waals surface area (Å²) in [5.74, 6) is -2.03. The van der Waals surface area contributed by atoms with Crippen molar-refractivity contribution in [2.75, 3.05) is 5.73 Å². The van der Waals surface area contributed by atoms with Gasteiger partial charge in [-0.05, 0) is 30.3 Å². The van der Waals surface area contributed by atoms with Crippen LogP contribution in [0.2, 0.25) is 0 Å². The molecule has 8 heteroatoms. The molecule has 0 spiro atoms. The van der Waals surface area contributed by atoms with Crippen molar-refractivity contribution in [1.29, 1.82) is 0 Å². The van der Waals surface area contributed by atoms with Gasteiger partial charge in [0.2, 0.25) is 0 Å². The van der Waals surface area contributed by atoms with Crippen molar-refractivity contribution in [2.24, 2.45) is 0 Å². The van der Waals surface area contributed by atoms with E-state index in [4.69, 9.17) is 5.73 Å². The number of hydrogen-bond acceptors (Lipinski definition) is 4. The zero-order chi connectivity index (χ0) is 14.0. The number of nitrogens with zero attached hydrogens (tertiary/aromatic N) is 2. The van der Waals surface area contributed by atoms with E-state index in [1.807, 2.05) is 6.92 Å². The Hall–Kier alpha value is -1.83. The molecule has 0 radical (unpaired) electrons. The van der Waals surface area contributed by atoms with Gasteiger partial charge in [0.15, 0.2) is 16.8 Å². The predicted molar refractivity (Wildman–Crippen MR) is 68.0 cm³/mol. The molecule has 0 aliphatic heterocycles. The highest BCUT2D eigenvalue weighted by Gasteiger charge is 2.17. The number of hydrogen-bond donors (Lipinski definition) is 2. The third-order valence-electron chi connectivity index (χ3n) is 2.44. The summed E-state index contributed by atoms with van der Waals surface area (Å²) >= 11 is 0.823. The molecule has 0 bridgehead atoms. The van der Waals surface area contributed by atoms with Gasteiger partial charge in [0.05, 0.1) is 4.90 Å². The van der Waals surface area contributed by atoms with Crippen molar-refractivity contribution in [1.82, 2.24) is 14.8 Å². The summed E-state index contributed by atoms with van der Waals surface area (Å²) in [5.41, 5.74) is 5.33. The Morgan fingerprint density at radius 1 is 1.47 bits per heavy atom. The minimum atomic E-state index is -1.04. The average Bonchev–Trinajstić information content (AvgIpc) is 2.72. The van der Waals surface area contributed by atoms with E-state index in [1.54, 1.807) is 0 Å². The molecule has 1 heterocycles. The fourth-order valence-electron chi connectivity index (χ4n) is 1.54. The molecule has 2 rings (SSSR count). The van der Waals surface area contributed by atoms with Crippen molar-refractivity contribution in [3.8, 4) is 0 Å². The van der Waals surface area contributed by atoms with Crippen molar-refractivity contribution in [3.05, 3.63) is 34.3 Å². The Morgan fingerprint density at radius 3 is 2.89 bits per heavy atom. The van der Waals surface area contributed by atoms with Crippen LogP contribution in [0.15, 0.2) is 27.0 Å². The lowest BCUT2D eigenvalue weighted by molar-refractivity contribution is 0.492. The van der Waals surface area contributed by atoms with Crippen LogP contribution < -0.4 is 11.4 Å². The molecule has 5 nitrogen and oxygen atoms in total. The van der Waals surface area contributed by atoms with Gasteiger partial charge in [-0.2, -0.15) is 0 Å². The van der Waals surface area contributed by atoms with Gasteiger partial charge in [0.1, 0.15) is 0 Å². The first-order valence-electron chi connectivity index (χ1n) is 5.61. The maximum atomic E-state index is 13.7. The van der Waals surface area contributed by atoms with Gasteiger partial charge in [-0.1, -0.05) is 6.92 Å². The van der Waals surface area contributed by atoms with Crippen molar-refractivity contribution in [3.63, 3.8) is 0 Å². The summed E-state index contributed by atoms with van der Waals surface area (Å²) in [6.07, 6.45) is 0.716. The van der Waals surface area contributed by atoms with Crippen LogP contribution in [0, 0.1) is 11.6 Å². The third kappa shape index (κ3) is 2.62. The first-order chi connectivity index (χ1) is 9.04. The van der Waals surface area contributed by atoms with E-state index >= 15 is 0 Å². The molecule has 0 fully saturated rings. The van der Waals surface area contributed by atoms with Gasteiger partial charge in [-0.3, -0.25) is 4.57 Å². The number of anilines is 1. The second-order valence-corrected chi connectivity index (χ2v) is 4.82. The quantitative estimate of drug-likeness (QED) is 0.843. The summed E-state index contributed by atoms with van der Waals surface area (Å²) in [7, 11) is 0. The first kappa shape index (κ1) is 13.6. The number of benzene rings is 1. The van der Waals surface area contributed by atoms with Crippen molar-refractivity contribution in [2.45, 2.75) is 29.9 Å². The van der Waals surface area contributed by atoms with E-state index in [0.717, 1.165) is 17.8 Å². The lowest BCUT2D eigenvalue weighted by atomic mass is 10.3. The molecule has 0 saturated carbocycles. The molecule has 19 heavy (non-hydrogen) atoms. The smallest absolute Gasteiger partial charge is 0.343 e. The molecular weight excluding hydrogens is 274 g/mol. The Morgan fingerprint density at radius 2 is 2.21 bits per heavy atom. The first-order valence-corrected chi connectivity index (χ1v) is 6.42. The third-order valence-corrected chi connectivity index (χ3v) is 3.56. The fourth-order valence-corrected chi connectivity index (χ4v) is 2.48. The lowest BCUT2D eigenvalue weighted by Crippen LogP contribution is -2.17. The molecule has 0 unspecified atom stereocenters. The van der Waals surface area contributed by atoms with Crippen LogP contribution in [-0.4, -0.2) is 14.8 Å². The Bertz CT molecular complexity index is 653. The van der Waals surface area contributed by atoms with Crippen LogP contribution in [0.4, 0.5) is 14.5 Å². The van der Waals surface area contributed by atoms with E-state index in [-0.39, 0.29) is 21.4 Å². The second kappa shape index (κ2) is 5.43. The summed E-state index contributed by atoms with van der Waals surface area (Å²) < 4.78 is 28.2. The maximum absolute atomic E-state index is 13.7. The van der Waals surface area contributed by atoms with Gasteiger partial charge in [0, 0.05) is 12.2 Å². The maximum Gasteiger partial charge on any atom is 0.343 e. The lowest BCUT2D eigenvalue weighted by Gasteiger charge is -2.07. The summed E-state index contributed by atoms with van der Waals surface area (Å²) in [4.78, 5) is 11.4. The summed E-state index contributed by atoms with van der Waals surface area (Å²) in [6, 6.07) is 2.23. The molecule has 2 aromatic rings. The normalized spacial score (nSPS) is 10.9. The number of halogens is 2. The van der Waals surface area contributed by atoms with Crippen LogP contribution >= 0.6 is 11.8 Å². The van der Waals surface area contributed by atoms with Gasteiger partial charge < -0.3 is 5.73 Å². The molecule has 0 saturated heterocycles. The highest BCUT2D eigenvalue weighted by Crippen LogP contribution is 2.33. The second-order valence-electron chi connectivity index (χ2n) is 3.84. The molecule has 0 aliphatic rings. The van der Waals surface area contributed by atoms with Crippen LogP contribution in [0.5, 0.6) is 0 Å². The van der Waals surface area contributed by atoms with Crippen LogP contribution in [0.1, 0.15) is 13.3 Å². The van der Waals surface area contributed by atoms with Crippen molar-refractivity contribution < 1.29 is 8.78 Å². The SMILES string of the molecule is CCCn1c(Sc2c(N)ccc(F)c2F)n[nH]c1=O. The van der Waals surface area contributed by atoms with Crippen LogP contribution in [0.25, 0.3) is 0 Å². The highest BCUT2D eigenvalue weighted by atomic mass is 32.2. The summed E-state index contributed by atoms with van der Waals surface area (Å²) in [6.45, 7) is 2.33. The number of aromatic nitrogens is 3. The standard InChI is InChI=1S/C11H12F2N4OS/c1-2-5-17-10(18)15-16-11(17)19-9-7(14)4-3-6(12)8(9)13/h3-4H,2,5,14H2,1H3,(H,15,18). The van der Waals surface area contributed by atoms with Gasteiger partial charge in [-0.25, -0.2) is 18.7 Å². The molecule has 1 aromatic heterocycles. The summed E-state index contributed by atoms with van der Waals surface area (Å²) in [5, 5.41) is 6.31. The fraction of sp³-hybridized carbons (Fsp3) is 0.273. The topological polar surface area (TPSA) is 76.7 Å². The van der Waals surface area contributed by atoms with E-state index < -0.39 is 11.6 Å². The number of nitrogen functional groups attached to an aromatic ring is 1. The molecule has 0 aliphatic carbocycles. The monoisotopic (exact) mass is 286 g/mol. The zero-order valence-corrected chi connectivity index (χ0v) is 10.9. The highest BCUT2D eigenvalue weighted by molar-refractivity contribution is 7.99. The Labute approximate surface area is 111 Å². The Balaban J connectivity index is 2.42. The number of nitrogens with one attached hydrogen (secondary N) is 1. The van der Waals surface area contributed by atoms with Crippen LogP contribution in [-0.2, 0) is 6.54 Å². The minimum absolute atomic E-state index is 0.0728. The van der Waals surface area contributed by atoms with Crippen LogP contribution in [0.3, 0.4) is 0 Å². The molecule has 3 N–H and O–H groups in total. The molecule has 0 amide bonds. The zero-order valence-electron chi connectivity index (χ0n) is 10.1. The minimum Gasteiger partial charge on any atom is -0.398 e. The number of nitrogens with two attached hydrogens (primary N) is 1. The van der Waals surface area contributed by atoms with E-state index in [9.17, 15) is 13.6 Å². The number of rotatable bonds is 4. The average molecular weight is 286 g/mol.